The standard InChI is InChI=1S/C17H18BrN3O3/c1-10-5-3-4-6-13(10)14(22)9-20-16(23)17(24)21-15-11(2)7-12(18)8-19-15/h3-8,14,22H,9H2,1-2H3,(H,20,23)(H,19,21,24)/t14-/m1/s1. The number of benzene rings is 1. The van der Waals surface area contributed by atoms with Gasteiger partial charge in [0.25, 0.3) is 0 Å². The van der Waals surface area contributed by atoms with E-state index in [0.717, 1.165) is 15.6 Å². The van der Waals surface area contributed by atoms with E-state index >= 15 is 0 Å². The Hall–Kier alpha value is -2.25. The van der Waals surface area contributed by atoms with E-state index in [1.54, 1.807) is 19.1 Å². The summed E-state index contributed by atoms with van der Waals surface area (Å²) in [6, 6.07) is 9.10. The number of carbonyl (C=O) groups is 2. The van der Waals surface area contributed by atoms with E-state index in [1.807, 2.05) is 25.1 Å². The first kappa shape index (κ1) is 18.1. The molecule has 24 heavy (non-hydrogen) atoms. The Labute approximate surface area is 148 Å². The molecule has 0 aliphatic rings. The number of carbonyl (C=O) groups excluding carboxylic acids is 2. The number of pyridine rings is 1. The lowest BCUT2D eigenvalue weighted by atomic mass is 10.0. The van der Waals surface area contributed by atoms with Crippen LogP contribution in [0.25, 0.3) is 0 Å². The minimum absolute atomic E-state index is 0.0517. The van der Waals surface area contributed by atoms with Crippen LogP contribution in [0, 0.1) is 13.8 Å². The fourth-order valence-corrected chi connectivity index (χ4v) is 2.62. The Bertz CT molecular complexity index is 764. The molecule has 6 nitrogen and oxygen atoms in total. The topological polar surface area (TPSA) is 91.3 Å². The maximum absolute atomic E-state index is 11.9. The summed E-state index contributed by atoms with van der Waals surface area (Å²) < 4.78 is 0.781. The van der Waals surface area contributed by atoms with Crippen LogP contribution >= 0.6 is 15.9 Å². The summed E-state index contributed by atoms with van der Waals surface area (Å²) in [6.07, 6.45) is 0.651. The minimum atomic E-state index is -0.879. The molecule has 2 amide bonds. The number of hydrogen-bond donors (Lipinski definition) is 3. The van der Waals surface area contributed by atoms with Crippen molar-refractivity contribution in [3.63, 3.8) is 0 Å². The average molecular weight is 392 g/mol. The molecule has 126 valence electrons. The van der Waals surface area contributed by atoms with Crippen LogP contribution < -0.4 is 10.6 Å². The van der Waals surface area contributed by atoms with Crippen molar-refractivity contribution in [1.29, 1.82) is 0 Å². The largest absolute Gasteiger partial charge is 0.387 e. The zero-order chi connectivity index (χ0) is 17.7. The highest BCUT2D eigenvalue weighted by molar-refractivity contribution is 9.10. The van der Waals surface area contributed by atoms with E-state index < -0.39 is 17.9 Å². The first-order valence-corrected chi connectivity index (χ1v) is 8.12. The molecular formula is C17H18BrN3O3. The van der Waals surface area contributed by atoms with Crippen LogP contribution in [-0.4, -0.2) is 28.4 Å². The van der Waals surface area contributed by atoms with Crippen molar-refractivity contribution in [2.75, 3.05) is 11.9 Å². The van der Waals surface area contributed by atoms with Crippen molar-refractivity contribution in [3.05, 3.63) is 57.7 Å². The Balaban J connectivity index is 1.92. The molecule has 1 aromatic carbocycles. The lowest BCUT2D eigenvalue weighted by Crippen LogP contribution is -2.38. The van der Waals surface area contributed by atoms with Crippen molar-refractivity contribution in [2.24, 2.45) is 0 Å². The summed E-state index contributed by atoms with van der Waals surface area (Å²) in [5.74, 6) is -1.34. The van der Waals surface area contributed by atoms with Crippen molar-refractivity contribution >= 4 is 33.6 Å². The Morgan fingerprint density at radius 3 is 2.58 bits per heavy atom. The summed E-state index contributed by atoms with van der Waals surface area (Å²) >= 11 is 3.28. The second-order valence-electron chi connectivity index (χ2n) is 5.36. The van der Waals surface area contributed by atoms with E-state index in [4.69, 9.17) is 0 Å². The SMILES string of the molecule is Cc1ccccc1[C@H](O)CNC(=O)C(=O)Nc1ncc(Br)cc1C. The van der Waals surface area contributed by atoms with Gasteiger partial charge < -0.3 is 15.7 Å². The summed E-state index contributed by atoms with van der Waals surface area (Å²) in [4.78, 5) is 27.8. The van der Waals surface area contributed by atoms with Gasteiger partial charge in [0.05, 0.1) is 6.10 Å². The van der Waals surface area contributed by atoms with Crippen LogP contribution in [-0.2, 0) is 9.59 Å². The molecule has 1 heterocycles. The lowest BCUT2D eigenvalue weighted by molar-refractivity contribution is -0.136. The monoisotopic (exact) mass is 391 g/mol. The highest BCUT2D eigenvalue weighted by Crippen LogP contribution is 2.17. The van der Waals surface area contributed by atoms with E-state index in [9.17, 15) is 14.7 Å². The molecule has 0 unspecified atom stereocenters. The van der Waals surface area contributed by atoms with Crippen LogP contribution in [0.1, 0.15) is 22.8 Å². The van der Waals surface area contributed by atoms with Gasteiger partial charge in [0.1, 0.15) is 5.82 Å². The summed E-state index contributed by atoms with van der Waals surface area (Å²) in [6.45, 7) is 3.59. The summed E-state index contributed by atoms with van der Waals surface area (Å²) in [5, 5.41) is 15.0. The number of amides is 2. The van der Waals surface area contributed by atoms with Crippen LogP contribution in [0.3, 0.4) is 0 Å². The maximum atomic E-state index is 11.9. The molecule has 0 bridgehead atoms. The predicted octanol–water partition coefficient (Wildman–Crippen LogP) is 2.25. The Morgan fingerprint density at radius 2 is 1.92 bits per heavy atom. The highest BCUT2D eigenvalue weighted by atomic mass is 79.9. The molecule has 0 saturated heterocycles. The number of aliphatic hydroxyl groups excluding tert-OH is 1. The van der Waals surface area contributed by atoms with Crippen molar-refractivity contribution in [3.8, 4) is 0 Å². The van der Waals surface area contributed by atoms with Gasteiger partial charge in [-0.2, -0.15) is 0 Å². The fraction of sp³-hybridized carbons (Fsp3) is 0.235. The fourth-order valence-electron chi connectivity index (χ4n) is 2.18. The molecule has 1 aromatic heterocycles. The van der Waals surface area contributed by atoms with Crippen LogP contribution in [0.15, 0.2) is 41.0 Å². The van der Waals surface area contributed by atoms with Gasteiger partial charge in [0.15, 0.2) is 0 Å². The molecular weight excluding hydrogens is 374 g/mol. The molecule has 0 saturated carbocycles. The van der Waals surface area contributed by atoms with Gasteiger partial charge >= 0.3 is 11.8 Å². The van der Waals surface area contributed by atoms with E-state index in [0.29, 0.717) is 11.4 Å². The van der Waals surface area contributed by atoms with Crippen LogP contribution in [0.5, 0.6) is 0 Å². The second-order valence-corrected chi connectivity index (χ2v) is 6.27. The van der Waals surface area contributed by atoms with E-state index in [2.05, 4.69) is 31.5 Å². The third kappa shape index (κ3) is 4.62. The van der Waals surface area contributed by atoms with E-state index in [-0.39, 0.29) is 6.54 Å². The molecule has 0 aliphatic heterocycles. The average Bonchev–Trinajstić information content (AvgIpc) is 2.55. The van der Waals surface area contributed by atoms with E-state index in [1.165, 1.54) is 6.20 Å². The number of hydrogen-bond acceptors (Lipinski definition) is 4. The first-order chi connectivity index (χ1) is 11.4. The van der Waals surface area contributed by atoms with Gasteiger partial charge in [0.2, 0.25) is 0 Å². The number of nitrogens with zero attached hydrogens (tertiary/aromatic N) is 1. The zero-order valence-electron chi connectivity index (χ0n) is 13.3. The van der Waals surface area contributed by atoms with Crippen LogP contribution in [0.2, 0.25) is 0 Å². The van der Waals surface area contributed by atoms with Gasteiger partial charge in [-0.25, -0.2) is 4.98 Å². The van der Waals surface area contributed by atoms with Crippen molar-refractivity contribution in [2.45, 2.75) is 20.0 Å². The molecule has 3 N–H and O–H groups in total. The molecule has 0 radical (unpaired) electrons. The minimum Gasteiger partial charge on any atom is -0.387 e. The summed E-state index contributed by atoms with van der Waals surface area (Å²) in [5.41, 5.74) is 2.35. The number of rotatable bonds is 4. The quantitative estimate of drug-likeness (QED) is 0.697. The van der Waals surface area contributed by atoms with Gasteiger partial charge in [-0.15, -0.1) is 0 Å². The molecule has 2 aromatic rings. The predicted molar refractivity (Wildman–Crippen MR) is 94.5 cm³/mol. The highest BCUT2D eigenvalue weighted by Gasteiger charge is 2.17. The number of aromatic nitrogens is 1. The molecule has 0 aliphatic carbocycles. The van der Waals surface area contributed by atoms with Crippen LogP contribution in [0.4, 0.5) is 5.82 Å². The molecule has 7 heteroatoms. The first-order valence-electron chi connectivity index (χ1n) is 7.33. The normalized spacial score (nSPS) is 11.7. The number of aliphatic hydroxyl groups is 1. The van der Waals surface area contributed by atoms with Gasteiger partial charge in [-0.1, -0.05) is 24.3 Å². The Morgan fingerprint density at radius 1 is 1.21 bits per heavy atom. The number of aryl methyl sites for hydroxylation is 2. The van der Waals surface area contributed by atoms with Crippen molar-refractivity contribution in [1.82, 2.24) is 10.3 Å². The van der Waals surface area contributed by atoms with Crippen molar-refractivity contribution < 1.29 is 14.7 Å². The summed E-state index contributed by atoms with van der Waals surface area (Å²) in [7, 11) is 0. The lowest BCUT2D eigenvalue weighted by Gasteiger charge is -2.14. The maximum Gasteiger partial charge on any atom is 0.314 e. The second kappa shape index (κ2) is 8.03. The molecule has 1 atom stereocenters. The number of anilines is 1. The smallest absolute Gasteiger partial charge is 0.314 e. The number of nitrogens with one attached hydrogen (secondary N) is 2. The third-order valence-corrected chi connectivity index (χ3v) is 3.92. The van der Waals surface area contributed by atoms with Gasteiger partial charge in [0, 0.05) is 17.2 Å². The number of halogens is 1. The Kier molecular flexibility index (Phi) is 6.05. The molecule has 0 fully saturated rings. The third-order valence-electron chi connectivity index (χ3n) is 3.49. The molecule has 2 rings (SSSR count). The van der Waals surface area contributed by atoms with Gasteiger partial charge in [-0.05, 0) is 52.5 Å². The van der Waals surface area contributed by atoms with Gasteiger partial charge in [-0.3, -0.25) is 9.59 Å². The zero-order valence-corrected chi connectivity index (χ0v) is 14.9. The molecule has 0 spiro atoms.